The van der Waals surface area contributed by atoms with Crippen molar-refractivity contribution in [2.75, 3.05) is 11.9 Å². The van der Waals surface area contributed by atoms with Crippen LogP contribution in [-0.4, -0.2) is 21.3 Å². The minimum absolute atomic E-state index is 0.530. The van der Waals surface area contributed by atoms with Gasteiger partial charge in [-0.2, -0.15) is 5.10 Å². The molecule has 1 aliphatic rings. The zero-order chi connectivity index (χ0) is 13.8. The summed E-state index contributed by atoms with van der Waals surface area (Å²) in [7, 11) is 1.92. The number of hydrogen-bond donors (Lipinski definition) is 1. The highest BCUT2D eigenvalue weighted by molar-refractivity contribution is 5.62. The Morgan fingerprint density at radius 2 is 2.11 bits per heavy atom. The monoisotopic (exact) mass is 258 g/mol. The molecule has 19 heavy (non-hydrogen) atoms. The van der Waals surface area contributed by atoms with Crippen molar-refractivity contribution in [1.29, 1.82) is 0 Å². The minimum Gasteiger partial charge on any atom is -0.384 e. The molecule has 2 aromatic rings. The van der Waals surface area contributed by atoms with E-state index < -0.39 is 0 Å². The summed E-state index contributed by atoms with van der Waals surface area (Å²) in [5.74, 6) is 0.530. The summed E-state index contributed by atoms with van der Waals surface area (Å²) < 4.78 is 1.80. The van der Waals surface area contributed by atoms with Crippen LogP contribution in [-0.2, 0) is 7.05 Å². The van der Waals surface area contributed by atoms with E-state index in [1.165, 1.54) is 11.4 Å². The Labute approximate surface area is 114 Å². The second kappa shape index (κ2) is 5.87. The van der Waals surface area contributed by atoms with Crippen molar-refractivity contribution in [2.45, 2.75) is 33.1 Å². The molecule has 0 saturated heterocycles. The van der Waals surface area contributed by atoms with Crippen LogP contribution in [0.25, 0.3) is 11.3 Å². The average Bonchev–Trinajstić information content (AvgIpc) is 2.88. The first-order valence-corrected chi connectivity index (χ1v) is 6.98. The summed E-state index contributed by atoms with van der Waals surface area (Å²) in [6.45, 7) is 7.28. The number of hydrogen-bond acceptors (Lipinski definition) is 3. The zero-order valence-electron chi connectivity index (χ0n) is 12.1. The highest BCUT2D eigenvalue weighted by atomic mass is 15.2. The fourth-order valence-corrected chi connectivity index (χ4v) is 2.27. The lowest BCUT2D eigenvalue weighted by Crippen LogP contribution is -2.16. The molecule has 0 fully saturated rings. The molecule has 2 aromatic heterocycles. The molecule has 0 spiro atoms. The molecule has 1 atom stereocenters. The Morgan fingerprint density at radius 3 is 2.79 bits per heavy atom. The highest BCUT2D eigenvalue weighted by Crippen LogP contribution is 2.31. The Kier molecular flexibility index (Phi) is 4.20. The minimum atomic E-state index is 0.530. The first-order valence-electron chi connectivity index (χ1n) is 6.98. The third-order valence-corrected chi connectivity index (χ3v) is 3.28. The van der Waals surface area contributed by atoms with Crippen molar-refractivity contribution in [3.8, 4) is 11.3 Å². The van der Waals surface area contributed by atoms with Crippen LogP contribution in [0.5, 0.6) is 0 Å². The first-order chi connectivity index (χ1) is 9.24. The van der Waals surface area contributed by atoms with Crippen LogP contribution in [0.2, 0.25) is 0 Å². The number of fused-ring (bicyclic) bond motifs is 1. The molecule has 1 unspecified atom stereocenters. The second-order valence-corrected chi connectivity index (χ2v) is 4.65. The Bertz CT molecular complexity index is 545. The van der Waals surface area contributed by atoms with Gasteiger partial charge >= 0.3 is 0 Å². The van der Waals surface area contributed by atoms with Gasteiger partial charge in [0.05, 0.1) is 23.3 Å². The van der Waals surface area contributed by atoms with Gasteiger partial charge in [0.1, 0.15) is 0 Å². The van der Waals surface area contributed by atoms with E-state index in [4.69, 9.17) is 4.98 Å². The van der Waals surface area contributed by atoms with Gasteiger partial charge in [-0.1, -0.05) is 20.8 Å². The van der Waals surface area contributed by atoms with Gasteiger partial charge in [0.2, 0.25) is 0 Å². The van der Waals surface area contributed by atoms with Crippen molar-refractivity contribution >= 4 is 5.69 Å². The molecule has 0 amide bonds. The molecular weight excluding hydrogens is 236 g/mol. The smallest absolute Gasteiger partial charge is 0.0738 e. The van der Waals surface area contributed by atoms with Gasteiger partial charge in [0.15, 0.2) is 0 Å². The van der Waals surface area contributed by atoms with Gasteiger partial charge in [-0.25, -0.2) is 0 Å². The molecule has 0 saturated carbocycles. The standard InChI is InChI=1S/C13H16N4.C2H6/c1-9-5-6-14-12-4-3-11(16-13(9)12)10-7-15-17(2)8-10;1-2/h3-4,7-9,14H,5-6H2,1-2H3;1-2H3. The molecule has 3 rings (SSSR count). The van der Waals surface area contributed by atoms with E-state index in [2.05, 4.69) is 29.5 Å². The van der Waals surface area contributed by atoms with Crippen LogP contribution in [0.4, 0.5) is 5.69 Å². The van der Waals surface area contributed by atoms with Crippen LogP contribution < -0.4 is 5.32 Å². The van der Waals surface area contributed by atoms with Crippen molar-refractivity contribution in [3.63, 3.8) is 0 Å². The van der Waals surface area contributed by atoms with Crippen LogP contribution in [0, 0.1) is 0 Å². The number of rotatable bonds is 1. The number of pyridine rings is 1. The molecule has 0 aliphatic carbocycles. The number of anilines is 1. The zero-order valence-corrected chi connectivity index (χ0v) is 12.1. The van der Waals surface area contributed by atoms with Crippen LogP contribution in [0.1, 0.15) is 38.8 Å². The fraction of sp³-hybridized carbons (Fsp3) is 0.467. The summed E-state index contributed by atoms with van der Waals surface area (Å²) in [6, 6.07) is 4.18. The maximum atomic E-state index is 4.76. The summed E-state index contributed by atoms with van der Waals surface area (Å²) in [6.07, 6.45) is 5.00. The van der Waals surface area contributed by atoms with Crippen molar-refractivity contribution in [1.82, 2.24) is 14.8 Å². The molecule has 4 heteroatoms. The number of nitrogens with one attached hydrogen (secondary N) is 1. The molecule has 0 radical (unpaired) electrons. The molecule has 102 valence electrons. The quantitative estimate of drug-likeness (QED) is 0.852. The van der Waals surface area contributed by atoms with E-state index in [1.807, 2.05) is 33.3 Å². The van der Waals surface area contributed by atoms with Crippen LogP contribution in [0.15, 0.2) is 24.5 Å². The van der Waals surface area contributed by atoms with Gasteiger partial charge in [-0.15, -0.1) is 0 Å². The van der Waals surface area contributed by atoms with Crippen LogP contribution >= 0.6 is 0 Å². The lowest BCUT2D eigenvalue weighted by Gasteiger charge is -2.23. The third-order valence-electron chi connectivity index (χ3n) is 3.28. The van der Waals surface area contributed by atoms with E-state index >= 15 is 0 Å². The number of nitrogens with zero attached hydrogens (tertiary/aromatic N) is 3. The SMILES string of the molecule is CC.CC1CCNc2ccc(-c3cnn(C)c3)nc21. The highest BCUT2D eigenvalue weighted by Gasteiger charge is 2.18. The third kappa shape index (κ3) is 2.78. The van der Waals surface area contributed by atoms with Crippen molar-refractivity contribution in [2.24, 2.45) is 7.05 Å². The van der Waals surface area contributed by atoms with Gasteiger partial charge < -0.3 is 5.32 Å². The number of aryl methyl sites for hydroxylation is 1. The van der Waals surface area contributed by atoms with Crippen molar-refractivity contribution in [3.05, 3.63) is 30.2 Å². The Morgan fingerprint density at radius 1 is 1.32 bits per heavy atom. The van der Waals surface area contributed by atoms with E-state index in [0.717, 1.165) is 24.2 Å². The predicted molar refractivity (Wildman–Crippen MR) is 79.3 cm³/mol. The van der Waals surface area contributed by atoms with E-state index in [9.17, 15) is 0 Å². The largest absolute Gasteiger partial charge is 0.384 e. The van der Waals surface area contributed by atoms with Gasteiger partial charge in [0.25, 0.3) is 0 Å². The van der Waals surface area contributed by atoms with Gasteiger partial charge in [-0.05, 0) is 18.6 Å². The average molecular weight is 258 g/mol. The van der Waals surface area contributed by atoms with Crippen LogP contribution in [0.3, 0.4) is 0 Å². The van der Waals surface area contributed by atoms with E-state index in [-0.39, 0.29) is 0 Å². The lowest BCUT2D eigenvalue weighted by molar-refractivity contribution is 0.662. The first kappa shape index (κ1) is 13.6. The van der Waals surface area contributed by atoms with Gasteiger partial charge in [0, 0.05) is 31.3 Å². The summed E-state index contributed by atoms with van der Waals surface area (Å²) in [4.78, 5) is 4.76. The summed E-state index contributed by atoms with van der Waals surface area (Å²) >= 11 is 0. The molecule has 1 aliphatic heterocycles. The van der Waals surface area contributed by atoms with E-state index in [0.29, 0.717) is 5.92 Å². The molecular formula is C15H22N4. The number of aromatic nitrogens is 3. The lowest BCUT2D eigenvalue weighted by atomic mass is 9.97. The molecule has 4 nitrogen and oxygen atoms in total. The Balaban J connectivity index is 0.000000637. The predicted octanol–water partition coefficient (Wildman–Crippen LogP) is 3.43. The maximum Gasteiger partial charge on any atom is 0.0738 e. The summed E-state index contributed by atoms with van der Waals surface area (Å²) in [5.41, 5.74) is 4.44. The molecule has 0 bridgehead atoms. The second-order valence-electron chi connectivity index (χ2n) is 4.65. The van der Waals surface area contributed by atoms with E-state index in [1.54, 1.807) is 4.68 Å². The maximum absolute atomic E-state index is 4.76. The Hall–Kier alpha value is -1.84. The van der Waals surface area contributed by atoms with Gasteiger partial charge in [-0.3, -0.25) is 9.67 Å². The summed E-state index contributed by atoms with van der Waals surface area (Å²) in [5, 5.41) is 7.58. The topological polar surface area (TPSA) is 42.7 Å². The normalized spacial score (nSPS) is 16.9. The van der Waals surface area contributed by atoms with Crippen molar-refractivity contribution < 1.29 is 0 Å². The molecule has 1 N–H and O–H groups in total. The fourth-order valence-electron chi connectivity index (χ4n) is 2.27. The molecule has 3 heterocycles. The molecule has 0 aromatic carbocycles.